The van der Waals surface area contributed by atoms with E-state index in [0.29, 0.717) is 10.8 Å². The highest BCUT2D eigenvalue weighted by atomic mass is 35.5. The molecule has 0 radical (unpaired) electrons. The molecule has 1 heterocycles. The molecule has 2 rings (SSSR count). The van der Waals surface area contributed by atoms with Crippen molar-refractivity contribution in [3.05, 3.63) is 46.8 Å². The minimum Gasteiger partial charge on any atom is -0.467 e. The van der Waals surface area contributed by atoms with Crippen LogP contribution >= 0.6 is 11.6 Å². The number of ether oxygens (including phenoxy) is 2. The lowest BCUT2D eigenvalue weighted by atomic mass is 10.2. The van der Waals surface area contributed by atoms with Crippen LogP contribution in [0, 0.1) is 0 Å². The van der Waals surface area contributed by atoms with Gasteiger partial charge in [0.25, 0.3) is 0 Å². The minimum absolute atomic E-state index is 0.112. The number of nitrogens with zero attached hydrogens (tertiary/aromatic N) is 3. The molecule has 0 unspecified atom stereocenters. The third kappa shape index (κ3) is 4.93. The minimum atomic E-state index is -0.303. The number of carbonyl (C=O) groups is 1. The van der Waals surface area contributed by atoms with Crippen molar-refractivity contribution in [3.63, 3.8) is 0 Å². The van der Waals surface area contributed by atoms with Gasteiger partial charge in [0, 0.05) is 11.1 Å². The molecule has 1 aromatic heterocycles. The summed E-state index contributed by atoms with van der Waals surface area (Å²) in [5.41, 5.74) is 0.757. The molecule has 0 saturated heterocycles. The lowest BCUT2D eigenvalue weighted by Crippen LogP contribution is -2.22. The summed E-state index contributed by atoms with van der Waals surface area (Å²) in [5.74, 6) is 0.0245. The molecular weight excluding hydrogens is 320 g/mol. The van der Waals surface area contributed by atoms with Gasteiger partial charge in [0.1, 0.15) is 0 Å². The number of methoxy groups -OCH3 is 2. The van der Waals surface area contributed by atoms with Gasteiger partial charge in [0.05, 0.1) is 20.8 Å². The van der Waals surface area contributed by atoms with Crippen molar-refractivity contribution in [1.29, 1.82) is 0 Å². The van der Waals surface area contributed by atoms with E-state index in [9.17, 15) is 4.79 Å². The Balaban J connectivity index is 1.98. The topological polar surface area (TPSA) is 86.2 Å². The van der Waals surface area contributed by atoms with E-state index in [4.69, 9.17) is 21.1 Å². The Morgan fingerprint density at radius 3 is 2.43 bits per heavy atom. The highest BCUT2D eigenvalue weighted by Gasteiger charge is 2.07. The van der Waals surface area contributed by atoms with Crippen LogP contribution in [0.2, 0.25) is 5.02 Å². The van der Waals surface area contributed by atoms with E-state index < -0.39 is 0 Å². The normalized spacial score (nSPS) is 10.6. The Kier molecular flexibility index (Phi) is 5.87. The van der Waals surface area contributed by atoms with E-state index in [1.165, 1.54) is 20.3 Å². The van der Waals surface area contributed by atoms with E-state index in [1.807, 2.05) is 18.2 Å². The number of hydrogen-bond acceptors (Lipinski definition) is 6. The Morgan fingerprint density at radius 2 is 1.83 bits per heavy atom. The average molecular weight is 335 g/mol. The van der Waals surface area contributed by atoms with Gasteiger partial charge in [-0.1, -0.05) is 29.8 Å². The molecule has 0 spiro atoms. The Bertz CT molecular complexity index is 699. The molecular formula is C15H15ClN4O3. The van der Waals surface area contributed by atoms with Crippen LogP contribution in [0.25, 0.3) is 6.08 Å². The molecule has 0 atom stereocenters. The molecule has 0 bridgehead atoms. The van der Waals surface area contributed by atoms with Gasteiger partial charge in [0.2, 0.25) is 5.91 Å². The molecule has 0 aliphatic heterocycles. The predicted octanol–water partition coefficient (Wildman–Crippen LogP) is 1.87. The summed E-state index contributed by atoms with van der Waals surface area (Å²) in [7, 11) is 2.87. The number of benzene rings is 1. The highest BCUT2D eigenvalue weighted by Crippen LogP contribution is 2.16. The van der Waals surface area contributed by atoms with Crippen molar-refractivity contribution in [2.45, 2.75) is 6.54 Å². The standard InChI is InChI=1S/C15H15ClN4O3/c1-22-14-18-12(19-15(20-14)23-2)9-17-13(21)8-7-10-5-3-4-6-11(10)16/h3-8H,9H2,1-2H3,(H,17,21)/b8-7+. The maximum absolute atomic E-state index is 11.8. The molecule has 0 aliphatic carbocycles. The summed E-state index contributed by atoms with van der Waals surface area (Å²) in [6, 6.07) is 7.46. The van der Waals surface area contributed by atoms with E-state index in [0.717, 1.165) is 5.56 Å². The average Bonchev–Trinajstić information content (AvgIpc) is 2.58. The predicted molar refractivity (Wildman–Crippen MR) is 85.3 cm³/mol. The van der Waals surface area contributed by atoms with Crippen LogP contribution in [-0.2, 0) is 11.3 Å². The molecule has 0 saturated carbocycles. The zero-order chi connectivity index (χ0) is 16.7. The molecule has 7 nitrogen and oxygen atoms in total. The first kappa shape index (κ1) is 16.7. The van der Waals surface area contributed by atoms with Gasteiger partial charge < -0.3 is 14.8 Å². The quantitative estimate of drug-likeness (QED) is 0.812. The summed E-state index contributed by atoms with van der Waals surface area (Å²) in [5, 5.41) is 3.23. The lowest BCUT2D eigenvalue weighted by molar-refractivity contribution is -0.116. The van der Waals surface area contributed by atoms with Crippen LogP contribution in [0.3, 0.4) is 0 Å². The number of nitrogens with one attached hydrogen (secondary N) is 1. The smallest absolute Gasteiger partial charge is 0.322 e. The number of amides is 1. The molecule has 1 amide bonds. The van der Waals surface area contributed by atoms with Gasteiger partial charge in [-0.15, -0.1) is 4.98 Å². The summed E-state index contributed by atoms with van der Waals surface area (Å²) >= 11 is 6.01. The Hall–Kier alpha value is -2.67. The molecule has 1 N–H and O–H groups in total. The van der Waals surface area contributed by atoms with Gasteiger partial charge in [-0.2, -0.15) is 9.97 Å². The lowest BCUT2D eigenvalue weighted by Gasteiger charge is -2.05. The first-order valence-electron chi connectivity index (χ1n) is 6.65. The summed E-state index contributed by atoms with van der Waals surface area (Å²) < 4.78 is 9.88. The maximum atomic E-state index is 11.8. The zero-order valence-corrected chi connectivity index (χ0v) is 13.4. The molecule has 8 heteroatoms. The second-order valence-electron chi connectivity index (χ2n) is 4.30. The number of halogens is 1. The van der Waals surface area contributed by atoms with Gasteiger partial charge in [-0.25, -0.2) is 0 Å². The van der Waals surface area contributed by atoms with Crippen molar-refractivity contribution >= 4 is 23.6 Å². The Morgan fingerprint density at radius 1 is 1.17 bits per heavy atom. The van der Waals surface area contributed by atoms with Gasteiger partial charge in [-0.3, -0.25) is 4.79 Å². The van der Waals surface area contributed by atoms with Crippen molar-refractivity contribution in [2.75, 3.05) is 14.2 Å². The van der Waals surface area contributed by atoms with Crippen LogP contribution in [0.4, 0.5) is 0 Å². The molecule has 23 heavy (non-hydrogen) atoms. The largest absolute Gasteiger partial charge is 0.467 e. The molecule has 0 aliphatic rings. The first-order chi connectivity index (χ1) is 11.1. The van der Waals surface area contributed by atoms with Crippen LogP contribution < -0.4 is 14.8 Å². The number of hydrogen-bond donors (Lipinski definition) is 1. The van der Waals surface area contributed by atoms with E-state index in [-0.39, 0.29) is 24.5 Å². The zero-order valence-electron chi connectivity index (χ0n) is 12.6. The van der Waals surface area contributed by atoms with Crippen molar-refractivity contribution in [1.82, 2.24) is 20.3 Å². The molecule has 2 aromatic rings. The van der Waals surface area contributed by atoms with Crippen molar-refractivity contribution in [3.8, 4) is 12.0 Å². The fourth-order valence-electron chi connectivity index (χ4n) is 1.64. The molecule has 1 aromatic carbocycles. The second-order valence-corrected chi connectivity index (χ2v) is 4.70. The van der Waals surface area contributed by atoms with E-state index in [1.54, 1.807) is 12.1 Å². The first-order valence-corrected chi connectivity index (χ1v) is 7.03. The summed E-state index contributed by atoms with van der Waals surface area (Å²) in [6.45, 7) is 0.112. The van der Waals surface area contributed by atoms with Gasteiger partial charge in [0.15, 0.2) is 5.82 Å². The molecule has 120 valence electrons. The highest BCUT2D eigenvalue weighted by molar-refractivity contribution is 6.32. The SMILES string of the molecule is COc1nc(CNC(=O)/C=C/c2ccccc2Cl)nc(OC)n1. The van der Waals surface area contributed by atoms with Crippen LogP contribution in [0.5, 0.6) is 12.0 Å². The third-order valence-corrected chi connectivity index (χ3v) is 3.09. The number of rotatable bonds is 6. The third-order valence-electron chi connectivity index (χ3n) is 2.75. The van der Waals surface area contributed by atoms with Crippen LogP contribution in [0.15, 0.2) is 30.3 Å². The number of aromatic nitrogens is 3. The fraction of sp³-hybridized carbons (Fsp3) is 0.200. The second kappa shape index (κ2) is 8.09. The fourth-order valence-corrected chi connectivity index (χ4v) is 1.84. The van der Waals surface area contributed by atoms with E-state index >= 15 is 0 Å². The van der Waals surface area contributed by atoms with Crippen molar-refractivity contribution in [2.24, 2.45) is 0 Å². The summed E-state index contributed by atoms with van der Waals surface area (Å²) in [6.07, 6.45) is 3.02. The van der Waals surface area contributed by atoms with Crippen molar-refractivity contribution < 1.29 is 14.3 Å². The van der Waals surface area contributed by atoms with Crippen LogP contribution in [-0.4, -0.2) is 35.1 Å². The maximum Gasteiger partial charge on any atom is 0.322 e. The van der Waals surface area contributed by atoms with E-state index in [2.05, 4.69) is 20.3 Å². The summed E-state index contributed by atoms with van der Waals surface area (Å²) in [4.78, 5) is 23.8. The van der Waals surface area contributed by atoms with Gasteiger partial charge >= 0.3 is 12.0 Å². The van der Waals surface area contributed by atoms with Gasteiger partial charge in [-0.05, 0) is 17.7 Å². The van der Waals surface area contributed by atoms with Crippen LogP contribution in [0.1, 0.15) is 11.4 Å². The Labute approximate surface area is 138 Å². The monoisotopic (exact) mass is 334 g/mol. The number of carbonyl (C=O) groups excluding carboxylic acids is 1. The molecule has 0 fully saturated rings.